The molecule has 48 heavy (non-hydrogen) atoms. The maximum atomic E-state index is 6.80. The van der Waals surface area contributed by atoms with Crippen LogP contribution in [0.2, 0.25) is 0 Å². The Bertz CT molecular complexity index is 2790. The van der Waals surface area contributed by atoms with E-state index in [1.807, 2.05) is 0 Å². The SMILES string of the molecule is CC1(C)c2cc(-c3ccc4c5ccccc5n5c4c3Oc3ccccc3-5)ccc2-c2ccc(-n3c4ccccc4c4ccccc43)cc21. The Kier molecular flexibility index (Phi) is 4.91. The molecule has 226 valence electrons. The smallest absolute Gasteiger partial charge is 0.160 e. The fourth-order valence-electron chi connectivity index (χ4n) is 8.68. The molecule has 1 aliphatic heterocycles. The standard InChI is InChI=1S/C45H30N2O/c1-45(2)36-25-27(29-23-24-35-34-13-5-8-16-40(34)47-41-17-9-10-18-42(41)48-44(29)43(35)47)19-21-30(36)31-22-20-28(26-37(31)45)46-38-14-6-3-11-32(38)33-12-4-7-15-39(33)46/h3-26H,1-2H3. The Balaban J connectivity index is 1.09. The zero-order chi connectivity index (χ0) is 31.7. The van der Waals surface area contributed by atoms with Gasteiger partial charge in [0.1, 0.15) is 0 Å². The van der Waals surface area contributed by atoms with Gasteiger partial charge in [-0.1, -0.05) is 105 Å². The Hall–Kier alpha value is -6.06. The third-order valence-corrected chi connectivity index (χ3v) is 10.9. The molecular weight excluding hydrogens is 585 g/mol. The lowest BCUT2D eigenvalue weighted by atomic mass is 9.81. The molecule has 0 saturated carbocycles. The lowest BCUT2D eigenvalue weighted by Crippen LogP contribution is -2.15. The zero-order valence-corrected chi connectivity index (χ0v) is 26.7. The number of rotatable bonds is 2. The molecular formula is C45H30N2O. The summed E-state index contributed by atoms with van der Waals surface area (Å²) in [5.41, 5.74) is 14.5. The third-order valence-electron chi connectivity index (χ3n) is 10.9. The maximum absolute atomic E-state index is 6.80. The summed E-state index contributed by atoms with van der Waals surface area (Å²) >= 11 is 0. The number of fused-ring (bicyclic) bond motifs is 11. The number of aromatic nitrogens is 2. The van der Waals surface area contributed by atoms with Gasteiger partial charge in [-0.25, -0.2) is 0 Å². The van der Waals surface area contributed by atoms with E-state index in [1.165, 1.54) is 71.6 Å². The molecule has 1 aliphatic carbocycles. The molecule has 0 saturated heterocycles. The van der Waals surface area contributed by atoms with E-state index in [2.05, 4.69) is 169 Å². The molecule has 9 aromatic rings. The number of hydrogen-bond donors (Lipinski definition) is 0. The molecule has 3 heterocycles. The Labute approximate surface area is 277 Å². The van der Waals surface area contributed by atoms with E-state index < -0.39 is 0 Å². The monoisotopic (exact) mass is 614 g/mol. The summed E-state index contributed by atoms with van der Waals surface area (Å²) in [5, 5.41) is 5.02. The molecule has 3 nitrogen and oxygen atoms in total. The Morgan fingerprint density at radius 1 is 0.479 bits per heavy atom. The van der Waals surface area contributed by atoms with E-state index in [0.717, 1.165) is 28.3 Å². The molecule has 2 aliphatic rings. The van der Waals surface area contributed by atoms with Crippen LogP contribution in [0.25, 0.3) is 77.2 Å². The largest absolute Gasteiger partial charge is 0.452 e. The molecule has 0 N–H and O–H groups in total. The van der Waals surface area contributed by atoms with Gasteiger partial charge in [-0.2, -0.15) is 0 Å². The van der Waals surface area contributed by atoms with E-state index >= 15 is 0 Å². The van der Waals surface area contributed by atoms with E-state index in [0.29, 0.717) is 0 Å². The first kappa shape index (κ1) is 26.1. The highest BCUT2D eigenvalue weighted by Gasteiger charge is 2.36. The van der Waals surface area contributed by atoms with Gasteiger partial charge in [0.25, 0.3) is 0 Å². The van der Waals surface area contributed by atoms with E-state index in [1.54, 1.807) is 0 Å². The molecule has 0 spiro atoms. The predicted molar refractivity (Wildman–Crippen MR) is 198 cm³/mol. The second-order valence-corrected chi connectivity index (χ2v) is 13.7. The van der Waals surface area contributed by atoms with Crippen LogP contribution in [0, 0.1) is 0 Å². The molecule has 0 radical (unpaired) electrons. The maximum Gasteiger partial charge on any atom is 0.160 e. The van der Waals surface area contributed by atoms with Gasteiger partial charge >= 0.3 is 0 Å². The van der Waals surface area contributed by atoms with Crippen molar-refractivity contribution >= 4 is 43.6 Å². The lowest BCUT2D eigenvalue weighted by Gasteiger charge is -2.25. The van der Waals surface area contributed by atoms with Gasteiger partial charge in [-0.3, -0.25) is 0 Å². The van der Waals surface area contributed by atoms with Crippen molar-refractivity contribution in [1.82, 2.24) is 9.13 Å². The van der Waals surface area contributed by atoms with Crippen molar-refractivity contribution in [3.63, 3.8) is 0 Å². The van der Waals surface area contributed by atoms with Crippen molar-refractivity contribution in [3.05, 3.63) is 157 Å². The normalized spacial score (nSPS) is 14.0. The summed E-state index contributed by atoms with van der Waals surface area (Å²) in [4.78, 5) is 0. The topological polar surface area (TPSA) is 19.1 Å². The first-order chi connectivity index (χ1) is 23.6. The average Bonchev–Trinajstić information content (AvgIpc) is 3.73. The molecule has 2 aromatic heterocycles. The summed E-state index contributed by atoms with van der Waals surface area (Å²) in [6.45, 7) is 4.74. The van der Waals surface area contributed by atoms with Crippen LogP contribution in [0.1, 0.15) is 25.0 Å². The van der Waals surface area contributed by atoms with Crippen molar-refractivity contribution < 1.29 is 4.74 Å². The second kappa shape index (κ2) is 9.05. The van der Waals surface area contributed by atoms with Crippen LogP contribution < -0.4 is 4.74 Å². The van der Waals surface area contributed by atoms with Crippen molar-refractivity contribution in [1.29, 1.82) is 0 Å². The Morgan fingerprint density at radius 3 is 1.77 bits per heavy atom. The highest BCUT2D eigenvalue weighted by atomic mass is 16.5. The van der Waals surface area contributed by atoms with Crippen LogP contribution in [0.3, 0.4) is 0 Å². The van der Waals surface area contributed by atoms with Crippen molar-refractivity contribution in [2.75, 3.05) is 0 Å². The summed E-state index contributed by atoms with van der Waals surface area (Å²) in [6.07, 6.45) is 0. The molecule has 0 amide bonds. The second-order valence-electron chi connectivity index (χ2n) is 13.7. The first-order valence-corrected chi connectivity index (χ1v) is 16.7. The van der Waals surface area contributed by atoms with Gasteiger partial charge in [-0.15, -0.1) is 0 Å². The lowest BCUT2D eigenvalue weighted by molar-refractivity contribution is 0.478. The molecule has 0 atom stereocenters. The molecule has 7 aromatic carbocycles. The minimum atomic E-state index is -0.181. The summed E-state index contributed by atoms with van der Waals surface area (Å²) in [7, 11) is 0. The molecule has 0 unspecified atom stereocenters. The number of nitrogens with zero attached hydrogens (tertiary/aromatic N) is 2. The fraction of sp³-hybridized carbons (Fsp3) is 0.0667. The van der Waals surface area contributed by atoms with Crippen LogP contribution in [0.4, 0.5) is 0 Å². The molecule has 0 bridgehead atoms. The van der Waals surface area contributed by atoms with E-state index in [9.17, 15) is 0 Å². The van der Waals surface area contributed by atoms with Gasteiger partial charge in [0.15, 0.2) is 11.5 Å². The highest BCUT2D eigenvalue weighted by Crippen LogP contribution is 2.53. The van der Waals surface area contributed by atoms with Gasteiger partial charge in [0.2, 0.25) is 0 Å². The first-order valence-electron chi connectivity index (χ1n) is 16.7. The minimum absolute atomic E-state index is 0.181. The van der Waals surface area contributed by atoms with Crippen molar-refractivity contribution in [2.45, 2.75) is 19.3 Å². The van der Waals surface area contributed by atoms with E-state index in [4.69, 9.17) is 4.74 Å². The minimum Gasteiger partial charge on any atom is -0.452 e. The van der Waals surface area contributed by atoms with Crippen LogP contribution in [-0.2, 0) is 5.41 Å². The fourth-order valence-corrected chi connectivity index (χ4v) is 8.68. The molecule has 3 heteroatoms. The van der Waals surface area contributed by atoms with Gasteiger partial charge in [0, 0.05) is 38.2 Å². The Morgan fingerprint density at radius 2 is 1.04 bits per heavy atom. The van der Waals surface area contributed by atoms with Crippen LogP contribution in [-0.4, -0.2) is 9.13 Å². The van der Waals surface area contributed by atoms with E-state index in [-0.39, 0.29) is 5.41 Å². The highest BCUT2D eigenvalue weighted by molar-refractivity contribution is 6.14. The molecule has 0 fully saturated rings. The quantitative estimate of drug-likeness (QED) is 0.190. The average molecular weight is 615 g/mol. The summed E-state index contributed by atoms with van der Waals surface area (Å²) in [6, 6.07) is 53.1. The van der Waals surface area contributed by atoms with Crippen LogP contribution in [0.15, 0.2) is 146 Å². The number of ether oxygens (including phenoxy) is 1. The number of benzene rings is 7. The summed E-state index contributed by atoms with van der Waals surface area (Å²) in [5.74, 6) is 1.80. The van der Waals surface area contributed by atoms with Gasteiger partial charge in [-0.05, 0) is 82.4 Å². The number of hydrogen-bond acceptors (Lipinski definition) is 1. The number of para-hydroxylation sites is 5. The van der Waals surface area contributed by atoms with Gasteiger partial charge in [0.05, 0.1) is 27.8 Å². The summed E-state index contributed by atoms with van der Waals surface area (Å²) < 4.78 is 11.6. The molecule has 11 rings (SSSR count). The van der Waals surface area contributed by atoms with Crippen molar-refractivity contribution in [3.8, 4) is 45.1 Å². The predicted octanol–water partition coefficient (Wildman–Crippen LogP) is 12.0. The van der Waals surface area contributed by atoms with Gasteiger partial charge < -0.3 is 13.9 Å². The van der Waals surface area contributed by atoms with Crippen LogP contribution >= 0.6 is 0 Å². The zero-order valence-electron chi connectivity index (χ0n) is 26.7. The van der Waals surface area contributed by atoms with Crippen LogP contribution in [0.5, 0.6) is 11.5 Å². The third kappa shape index (κ3) is 3.23. The van der Waals surface area contributed by atoms with Crippen molar-refractivity contribution in [2.24, 2.45) is 0 Å².